The lowest BCUT2D eigenvalue weighted by molar-refractivity contribution is -0.145. The topological polar surface area (TPSA) is 200 Å². The Hall–Kier alpha value is -2.99. The molecular formula is C17H28N6O6. The highest BCUT2D eigenvalue weighted by atomic mass is 16.4. The van der Waals surface area contributed by atoms with Crippen LogP contribution >= 0.6 is 0 Å². The summed E-state index contributed by atoms with van der Waals surface area (Å²) in [6, 6.07) is -3.50. The summed E-state index contributed by atoms with van der Waals surface area (Å²) in [6.07, 6.45) is 1.47. The van der Waals surface area contributed by atoms with Crippen LogP contribution < -0.4 is 21.7 Å². The maximum atomic E-state index is 12.5. The predicted molar refractivity (Wildman–Crippen MR) is 101 cm³/mol. The zero-order chi connectivity index (χ0) is 22.1. The molecule has 0 saturated carbocycles. The van der Waals surface area contributed by atoms with Gasteiger partial charge in [-0.15, -0.1) is 0 Å². The van der Waals surface area contributed by atoms with Crippen LogP contribution in [0.2, 0.25) is 0 Å². The van der Waals surface area contributed by atoms with Crippen LogP contribution in [0.1, 0.15) is 26.5 Å². The molecule has 1 aromatic heterocycles. The van der Waals surface area contributed by atoms with Gasteiger partial charge in [0.15, 0.2) is 6.04 Å². The summed E-state index contributed by atoms with van der Waals surface area (Å²) >= 11 is 0. The van der Waals surface area contributed by atoms with Crippen LogP contribution in [-0.2, 0) is 25.6 Å². The molecule has 4 atom stereocenters. The number of nitrogens with two attached hydrogens (primary N) is 1. The molecule has 0 radical (unpaired) electrons. The second-order valence-electron chi connectivity index (χ2n) is 6.95. The minimum atomic E-state index is -1.55. The van der Waals surface area contributed by atoms with Gasteiger partial charge in [-0.25, -0.2) is 9.78 Å². The number of H-pyrrole nitrogens is 1. The summed E-state index contributed by atoms with van der Waals surface area (Å²) < 4.78 is 0. The molecule has 0 fully saturated rings. The van der Waals surface area contributed by atoms with Crippen molar-refractivity contribution in [3.8, 4) is 0 Å². The first kappa shape index (κ1) is 24.0. The third-order valence-corrected chi connectivity index (χ3v) is 4.12. The number of amides is 3. The van der Waals surface area contributed by atoms with Gasteiger partial charge in [-0.2, -0.15) is 0 Å². The van der Waals surface area contributed by atoms with Crippen molar-refractivity contribution in [1.82, 2.24) is 25.9 Å². The number of carbonyl (C=O) groups excluding carboxylic acids is 3. The van der Waals surface area contributed by atoms with Crippen molar-refractivity contribution in [2.45, 2.75) is 51.4 Å². The monoisotopic (exact) mass is 412 g/mol. The van der Waals surface area contributed by atoms with E-state index in [1.807, 2.05) is 0 Å². The highest BCUT2D eigenvalue weighted by Gasteiger charge is 2.30. The van der Waals surface area contributed by atoms with Crippen LogP contribution in [0.5, 0.6) is 0 Å². The molecule has 0 bridgehead atoms. The van der Waals surface area contributed by atoms with E-state index in [1.54, 1.807) is 13.8 Å². The van der Waals surface area contributed by atoms with Crippen LogP contribution in [0.25, 0.3) is 0 Å². The SMILES string of the molecule is CC(C)C(N)C(=O)NCC(=O)NC(Cc1cnc[nH]1)C(=O)NC(C(=O)O)C(C)O. The fourth-order valence-electron chi connectivity index (χ4n) is 2.30. The van der Waals surface area contributed by atoms with E-state index in [0.29, 0.717) is 5.69 Å². The van der Waals surface area contributed by atoms with Crippen molar-refractivity contribution in [3.63, 3.8) is 0 Å². The van der Waals surface area contributed by atoms with Crippen LogP contribution in [0.4, 0.5) is 0 Å². The Morgan fingerprint density at radius 2 is 1.83 bits per heavy atom. The highest BCUT2D eigenvalue weighted by Crippen LogP contribution is 2.02. The summed E-state index contributed by atoms with van der Waals surface area (Å²) in [7, 11) is 0. The number of aliphatic hydroxyl groups is 1. The van der Waals surface area contributed by atoms with E-state index in [4.69, 9.17) is 10.8 Å². The number of nitrogens with one attached hydrogen (secondary N) is 4. The summed E-state index contributed by atoms with van der Waals surface area (Å²) in [4.78, 5) is 54.4. The number of nitrogens with zero attached hydrogens (tertiary/aromatic N) is 1. The van der Waals surface area contributed by atoms with E-state index in [-0.39, 0.29) is 12.3 Å². The maximum Gasteiger partial charge on any atom is 0.328 e. The predicted octanol–water partition coefficient (Wildman–Crippen LogP) is -2.51. The standard InChI is InChI=1S/C17H28N6O6/c1-8(2)13(18)16(27)20-6-12(25)22-11(4-10-5-19-7-21-10)15(26)23-14(9(3)24)17(28)29/h5,7-9,11,13-14,24H,4,6,18H2,1-3H3,(H,19,21)(H,20,27)(H,22,25)(H,23,26)(H,28,29). The molecule has 12 nitrogen and oxygen atoms in total. The number of aromatic nitrogens is 2. The molecule has 0 spiro atoms. The molecule has 0 aliphatic rings. The lowest BCUT2D eigenvalue weighted by Gasteiger charge is -2.23. The minimum Gasteiger partial charge on any atom is -0.480 e. The quantitative estimate of drug-likeness (QED) is 0.206. The molecule has 0 aromatic carbocycles. The van der Waals surface area contributed by atoms with Gasteiger partial charge >= 0.3 is 5.97 Å². The number of aromatic amines is 1. The number of carbonyl (C=O) groups is 4. The van der Waals surface area contributed by atoms with E-state index in [1.165, 1.54) is 19.4 Å². The molecule has 8 N–H and O–H groups in total. The van der Waals surface area contributed by atoms with Crippen molar-refractivity contribution in [2.24, 2.45) is 11.7 Å². The third-order valence-electron chi connectivity index (χ3n) is 4.12. The number of aliphatic hydroxyl groups excluding tert-OH is 1. The Bertz CT molecular complexity index is 705. The average Bonchev–Trinajstić information content (AvgIpc) is 3.15. The largest absolute Gasteiger partial charge is 0.480 e. The Labute approximate surface area is 167 Å². The Balaban J connectivity index is 2.79. The second kappa shape index (κ2) is 11.1. The van der Waals surface area contributed by atoms with Gasteiger partial charge in [-0.1, -0.05) is 13.8 Å². The van der Waals surface area contributed by atoms with Crippen LogP contribution in [0, 0.1) is 5.92 Å². The molecule has 1 aromatic rings. The fraction of sp³-hybridized carbons (Fsp3) is 0.588. The first-order valence-electron chi connectivity index (χ1n) is 9.04. The molecule has 4 unspecified atom stereocenters. The molecule has 162 valence electrons. The van der Waals surface area contributed by atoms with Gasteiger partial charge in [0.2, 0.25) is 17.7 Å². The summed E-state index contributed by atoms with van der Waals surface area (Å²) in [5.74, 6) is -3.53. The van der Waals surface area contributed by atoms with Gasteiger partial charge in [-0.3, -0.25) is 14.4 Å². The lowest BCUT2D eigenvalue weighted by Crippen LogP contribution is -2.56. The minimum absolute atomic E-state index is 0.0107. The molecule has 0 aliphatic carbocycles. The molecular weight excluding hydrogens is 384 g/mol. The van der Waals surface area contributed by atoms with Crippen molar-refractivity contribution in [1.29, 1.82) is 0 Å². The van der Waals surface area contributed by atoms with Crippen LogP contribution in [0.3, 0.4) is 0 Å². The lowest BCUT2D eigenvalue weighted by atomic mass is 10.1. The number of carboxylic acids is 1. The highest BCUT2D eigenvalue weighted by molar-refractivity contribution is 5.92. The van der Waals surface area contributed by atoms with Crippen LogP contribution in [-0.4, -0.2) is 74.6 Å². The van der Waals surface area contributed by atoms with Gasteiger partial charge in [0.05, 0.1) is 25.0 Å². The number of rotatable bonds is 11. The van der Waals surface area contributed by atoms with E-state index < -0.39 is 54.5 Å². The number of imidazole rings is 1. The van der Waals surface area contributed by atoms with Crippen molar-refractivity contribution in [2.75, 3.05) is 6.54 Å². The zero-order valence-electron chi connectivity index (χ0n) is 16.5. The average molecular weight is 412 g/mol. The van der Waals surface area contributed by atoms with Crippen molar-refractivity contribution < 1.29 is 29.4 Å². The van der Waals surface area contributed by atoms with Crippen molar-refractivity contribution in [3.05, 3.63) is 18.2 Å². The molecule has 29 heavy (non-hydrogen) atoms. The van der Waals surface area contributed by atoms with Crippen molar-refractivity contribution >= 4 is 23.7 Å². The number of carboxylic acid groups (broad SMARTS) is 1. The molecule has 0 aliphatic heterocycles. The molecule has 0 saturated heterocycles. The van der Waals surface area contributed by atoms with E-state index in [9.17, 15) is 24.3 Å². The van der Waals surface area contributed by atoms with Gasteiger partial charge in [0, 0.05) is 18.3 Å². The summed E-state index contributed by atoms with van der Waals surface area (Å²) in [5, 5.41) is 25.7. The first-order valence-corrected chi connectivity index (χ1v) is 9.04. The van der Waals surface area contributed by atoms with Gasteiger partial charge in [0.1, 0.15) is 6.04 Å². The third kappa shape index (κ3) is 7.87. The molecule has 12 heteroatoms. The van der Waals surface area contributed by atoms with Gasteiger partial charge < -0.3 is 36.9 Å². The Morgan fingerprint density at radius 3 is 2.31 bits per heavy atom. The fourth-order valence-corrected chi connectivity index (χ4v) is 2.30. The number of aliphatic carboxylic acids is 1. The second-order valence-corrected chi connectivity index (χ2v) is 6.95. The number of hydrogen-bond acceptors (Lipinski definition) is 7. The zero-order valence-corrected chi connectivity index (χ0v) is 16.5. The summed E-state index contributed by atoms with van der Waals surface area (Å²) in [5.41, 5.74) is 6.21. The smallest absolute Gasteiger partial charge is 0.328 e. The van der Waals surface area contributed by atoms with E-state index in [0.717, 1.165) is 0 Å². The maximum absolute atomic E-state index is 12.5. The normalized spacial score (nSPS) is 15.1. The van der Waals surface area contributed by atoms with E-state index in [2.05, 4.69) is 25.9 Å². The molecule has 3 amide bonds. The van der Waals surface area contributed by atoms with E-state index >= 15 is 0 Å². The van der Waals surface area contributed by atoms with Gasteiger partial charge in [0.25, 0.3) is 0 Å². The first-order chi connectivity index (χ1) is 13.5. The Kier molecular flexibility index (Phi) is 9.22. The summed E-state index contributed by atoms with van der Waals surface area (Å²) in [6.45, 7) is 4.33. The Morgan fingerprint density at radius 1 is 1.17 bits per heavy atom. The molecule has 1 rings (SSSR count). The molecule has 1 heterocycles. The van der Waals surface area contributed by atoms with Crippen LogP contribution in [0.15, 0.2) is 12.5 Å². The van der Waals surface area contributed by atoms with Gasteiger partial charge in [-0.05, 0) is 12.8 Å². The number of hydrogen-bond donors (Lipinski definition) is 7.